The average Bonchev–Trinajstić information content (AvgIpc) is 3.29. The highest BCUT2D eigenvalue weighted by Gasteiger charge is 2.54. The van der Waals surface area contributed by atoms with Gasteiger partial charge < -0.3 is 19.9 Å². The summed E-state index contributed by atoms with van der Waals surface area (Å²) in [4.78, 5) is 18.4. The van der Waals surface area contributed by atoms with E-state index in [1.807, 2.05) is 5.32 Å². The van der Waals surface area contributed by atoms with Crippen molar-refractivity contribution in [2.75, 3.05) is 19.8 Å². The maximum atomic E-state index is 13.7. The summed E-state index contributed by atoms with van der Waals surface area (Å²) < 4.78 is 52.0. The highest BCUT2D eigenvalue weighted by molar-refractivity contribution is 9.10. The van der Waals surface area contributed by atoms with Crippen LogP contribution in [-0.4, -0.2) is 48.4 Å². The van der Waals surface area contributed by atoms with Crippen LogP contribution in [-0.2, 0) is 16.0 Å². The molecule has 0 aliphatic carbocycles. The van der Waals surface area contributed by atoms with Crippen LogP contribution in [0.4, 0.5) is 13.2 Å². The second-order valence-corrected chi connectivity index (χ2v) is 10.7. The third-order valence-electron chi connectivity index (χ3n) is 6.14. The Morgan fingerprint density at radius 2 is 1.85 bits per heavy atom. The lowest BCUT2D eigenvalue weighted by molar-refractivity contribution is -0.143. The first-order valence-electron chi connectivity index (χ1n) is 12.2. The van der Waals surface area contributed by atoms with Crippen molar-refractivity contribution in [2.24, 2.45) is 4.99 Å². The van der Waals surface area contributed by atoms with Gasteiger partial charge in [-0.3, -0.25) is 4.79 Å². The molecule has 0 aromatic heterocycles. The molecule has 40 heavy (non-hydrogen) atoms. The maximum absolute atomic E-state index is 13.7. The van der Waals surface area contributed by atoms with Crippen molar-refractivity contribution in [1.82, 2.24) is 5.32 Å². The molecule has 1 heterocycles. The van der Waals surface area contributed by atoms with Crippen molar-refractivity contribution in [3.05, 3.63) is 97.9 Å². The summed E-state index contributed by atoms with van der Waals surface area (Å²) in [5.41, 5.74) is -0.427. The molecule has 3 aromatic carbocycles. The number of alkyl halides is 3. The standard InChI is InChI=1S/C28H24BrCl2F3N2O4/c29-22-5-2-1-4-18(22)15-27(26(38)35-16-28(32,33)34)24(21-11-8-19(30)14-23(21)31)40-25(36-27)17-6-9-20(10-7-17)39-13-3-12-37/h1-2,4-11,14,24,37H,3,12-13,15-16H2,(H,35,38)/t24-,27-/m1/s1. The van der Waals surface area contributed by atoms with Gasteiger partial charge in [0.1, 0.15) is 12.3 Å². The number of ether oxygens (including phenoxy) is 2. The molecule has 1 amide bonds. The molecule has 1 aliphatic heterocycles. The molecule has 0 saturated heterocycles. The van der Waals surface area contributed by atoms with Crippen LogP contribution < -0.4 is 10.1 Å². The van der Waals surface area contributed by atoms with Crippen LogP contribution in [0.5, 0.6) is 5.75 Å². The summed E-state index contributed by atoms with van der Waals surface area (Å²) in [6.07, 6.45) is -5.47. The Balaban J connectivity index is 1.82. The molecule has 2 N–H and O–H groups in total. The molecule has 212 valence electrons. The molecule has 2 atom stereocenters. The zero-order chi connectivity index (χ0) is 28.9. The first-order chi connectivity index (χ1) is 19.0. The van der Waals surface area contributed by atoms with E-state index in [1.54, 1.807) is 60.7 Å². The number of nitrogens with zero attached hydrogens (tertiary/aromatic N) is 1. The van der Waals surface area contributed by atoms with Crippen LogP contribution in [0.15, 0.2) is 76.2 Å². The number of hydrogen-bond donors (Lipinski definition) is 2. The molecule has 1 aliphatic rings. The van der Waals surface area contributed by atoms with E-state index in [1.165, 1.54) is 6.07 Å². The minimum atomic E-state index is -4.64. The Hall–Kier alpha value is -2.79. The highest BCUT2D eigenvalue weighted by atomic mass is 79.9. The average molecular weight is 660 g/mol. The molecule has 0 fully saturated rings. The number of nitrogens with one attached hydrogen (secondary N) is 1. The van der Waals surface area contributed by atoms with Crippen LogP contribution in [0.1, 0.15) is 29.2 Å². The second kappa shape index (κ2) is 12.8. The lowest BCUT2D eigenvalue weighted by Gasteiger charge is -2.31. The molecule has 6 nitrogen and oxygen atoms in total. The first kappa shape index (κ1) is 30.2. The van der Waals surface area contributed by atoms with Crippen molar-refractivity contribution in [1.29, 1.82) is 0 Å². The van der Waals surface area contributed by atoms with Crippen LogP contribution in [0.3, 0.4) is 0 Å². The van der Waals surface area contributed by atoms with E-state index in [-0.39, 0.29) is 23.9 Å². The van der Waals surface area contributed by atoms with Crippen molar-refractivity contribution >= 4 is 50.9 Å². The Kier molecular flexibility index (Phi) is 9.66. The topological polar surface area (TPSA) is 80.2 Å². The fourth-order valence-electron chi connectivity index (χ4n) is 4.24. The predicted molar refractivity (Wildman–Crippen MR) is 150 cm³/mol. The highest BCUT2D eigenvalue weighted by Crippen LogP contribution is 2.45. The van der Waals surface area contributed by atoms with E-state index >= 15 is 0 Å². The quantitative estimate of drug-likeness (QED) is 0.238. The van der Waals surface area contributed by atoms with Crippen molar-refractivity contribution in [3.8, 4) is 5.75 Å². The number of aliphatic hydroxyl groups is 1. The van der Waals surface area contributed by atoms with Crippen LogP contribution >= 0.6 is 39.1 Å². The van der Waals surface area contributed by atoms with Crippen LogP contribution in [0, 0.1) is 0 Å². The Morgan fingerprint density at radius 1 is 1.12 bits per heavy atom. The maximum Gasteiger partial charge on any atom is 0.405 e. The Bertz CT molecular complexity index is 1390. The normalized spacial score (nSPS) is 18.7. The summed E-state index contributed by atoms with van der Waals surface area (Å²) in [5.74, 6) is -0.391. The number of benzene rings is 3. The number of carbonyl (C=O) groups excluding carboxylic acids is 1. The predicted octanol–water partition coefficient (Wildman–Crippen LogP) is 6.70. The van der Waals surface area contributed by atoms with Crippen molar-refractivity contribution in [2.45, 2.75) is 30.7 Å². The van der Waals surface area contributed by atoms with E-state index in [2.05, 4.69) is 20.9 Å². The number of aliphatic imine (C=N–C) groups is 1. The number of halogens is 6. The third kappa shape index (κ3) is 7.09. The third-order valence-corrected chi connectivity index (χ3v) is 7.48. The Labute approximate surface area is 247 Å². The molecular weight excluding hydrogens is 636 g/mol. The lowest BCUT2D eigenvalue weighted by Crippen LogP contribution is -2.52. The van der Waals surface area contributed by atoms with Gasteiger partial charge in [0.25, 0.3) is 5.91 Å². The number of aliphatic hydroxyl groups excluding tert-OH is 1. The summed E-state index contributed by atoms with van der Waals surface area (Å²) in [6, 6.07) is 18.3. The minimum absolute atomic E-state index is 0.00656. The molecule has 0 bridgehead atoms. The zero-order valence-corrected chi connectivity index (χ0v) is 23.9. The minimum Gasteiger partial charge on any atom is -0.494 e. The number of hydrogen-bond acceptors (Lipinski definition) is 5. The van der Waals surface area contributed by atoms with Gasteiger partial charge in [0.15, 0.2) is 11.6 Å². The largest absolute Gasteiger partial charge is 0.494 e. The monoisotopic (exact) mass is 658 g/mol. The van der Waals surface area contributed by atoms with Crippen LogP contribution in [0.25, 0.3) is 0 Å². The summed E-state index contributed by atoms with van der Waals surface area (Å²) in [5, 5.41) is 11.5. The molecular formula is C28H24BrCl2F3N2O4. The Morgan fingerprint density at radius 3 is 2.50 bits per heavy atom. The SMILES string of the molecule is O=C(NCC(F)(F)F)[C@]1(Cc2ccccc2Br)N=C(c2ccc(OCCCO)cc2)O[C@@H]1c1ccc(Cl)cc1Cl. The molecule has 0 spiro atoms. The van der Waals surface area contributed by atoms with Gasteiger partial charge >= 0.3 is 6.18 Å². The van der Waals surface area contributed by atoms with Gasteiger partial charge in [-0.2, -0.15) is 13.2 Å². The fraction of sp³-hybridized carbons (Fsp3) is 0.286. The number of amides is 1. The van der Waals surface area contributed by atoms with Gasteiger partial charge in [0.2, 0.25) is 5.90 Å². The number of carbonyl (C=O) groups is 1. The zero-order valence-electron chi connectivity index (χ0n) is 20.9. The fourth-order valence-corrected chi connectivity index (χ4v) is 5.17. The van der Waals surface area contributed by atoms with Gasteiger partial charge in [0, 0.05) is 45.1 Å². The second-order valence-electron chi connectivity index (χ2n) is 9.02. The molecule has 4 rings (SSSR count). The molecule has 0 saturated carbocycles. The first-order valence-corrected chi connectivity index (χ1v) is 13.7. The van der Waals surface area contributed by atoms with E-state index in [0.29, 0.717) is 45.0 Å². The van der Waals surface area contributed by atoms with Crippen molar-refractivity contribution in [3.63, 3.8) is 0 Å². The van der Waals surface area contributed by atoms with Gasteiger partial charge in [-0.25, -0.2) is 4.99 Å². The molecule has 0 radical (unpaired) electrons. The summed E-state index contributed by atoms with van der Waals surface area (Å²) in [7, 11) is 0. The summed E-state index contributed by atoms with van der Waals surface area (Å²) >= 11 is 16.1. The van der Waals surface area contributed by atoms with Gasteiger partial charge in [0.05, 0.1) is 6.61 Å². The van der Waals surface area contributed by atoms with Crippen LogP contribution in [0.2, 0.25) is 10.0 Å². The van der Waals surface area contributed by atoms with Gasteiger partial charge in [-0.1, -0.05) is 63.4 Å². The molecule has 12 heteroatoms. The lowest BCUT2D eigenvalue weighted by atomic mass is 9.82. The van der Waals surface area contributed by atoms with E-state index < -0.39 is 30.3 Å². The smallest absolute Gasteiger partial charge is 0.405 e. The van der Waals surface area contributed by atoms with E-state index in [4.69, 9.17) is 37.8 Å². The summed E-state index contributed by atoms with van der Waals surface area (Å²) in [6.45, 7) is -1.23. The van der Waals surface area contributed by atoms with E-state index in [0.717, 1.165) is 0 Å². The molecule has 3 aromatic rings. The van der Waals surface area contributed by atoms with Crippen molar-refractivity contribution < 1.29 is 32.5 Å². The molecule has 0 unspecified atom stereocenters. The van der Waals surface area contributed by atoms with E-state index in [9.17, 15) is 18.0 Å². The van der Waals surface area contributed by atoms with Gasteiger partial charge in [-0.05, 0) is 48.0 Å². The number of rotatable bonds is 10. The van der Waals surface area contributed by atoms with Gasteiger partial charge in [-0.15, -0.1) is 0 Å².